The number of hydrogen-bond acceptors (Lipinski definition) is 7. The van der Waals surface area contributed by atoms with Crippen LogP contribution >= 0.6 is 0 Å². The van der Waals surface area contributed by atoms with E-state index in [1.54, 1.807) is 13.2 Å². The van der Waals surface area contributed by atoms with Crippen LogP contribution in [-0.2, 0) is 16.6 Å². The lowest BCUT2D eigenvalue weighted by atomic mass is 9.92. The molecule has 1 aliphatic rings. The summed E-state index contributed by atoms with van der Waals surface area (Å²) in [5, 5.41) is 14.0. The van der Waals surface area contributed by atoms with Crippen LogP contribution in [0.3, 0.4) is 0 Å². The number of para-hydroxylation sites is 1. The van der Waals surface area contributed by atoms with Crippen LogP contribution in [0.15, 0.2) is 67.0 Å². The largest absolute Gasteiger partial charge is 0.393 e. The molecule has 1 aliphatic carbocycles. The number of aliphatic hydroxyl groups is 1. The van der Waals surface area contributed by atoms with E-state index >= 15 is 0 Å². The van der Waals surface area contributed by atoms with Crippen molar-refractivity contribution >= 4 is 44.1 Å². The van der Waals surface area contributed by atoms with Gasteiger partial charge in [-0.2, -0.15) is 4.98 Å². The molecule has 5 rings (SSSR count). The molecule has 38 heavy (non-hydrogen) atoms. The maximum atomic E-state index is 12.1. The Kier molecular flexibility index (Phi) is 7.27. The minimum absolute atomic E-state index is 0.159. The van der Waals surface area contributed by atoms with Crippen LogP contribution in [0.25, 0.3) is 11.0 Å². The Labute approximate surface area is 223 Å². The lowest BCUT2D eigenvalue weighted by Gasteiger charge is -2.34. The normalized spacial score (nSPS) is 17.9. The Morgan fingerprint density at radius 2 is 1.74 bits per heavy atom. The van der Waals surface area contributed by atoms with Crippen LogP contribution < -0.4 is 14.5 Å². The Morgan fingerprint density at radius 3 is 2.45 bits per heavy atom. The summed E-state index contributed by atoms with van der Waals surface area (Å²) in [5.74, 6) is 0.487. The SMILES string of the molecule is CN(c1ccc(Nc2ncc3ccn(Cc4ccccc4N(C)S(C)(=O)=O)c3n2)cc1)C1CCC(O)CC1. The summed E-state index contributed by atoms with van der Waals surface area (Å²) in [5.41, 5.74) is 4.30. The van der Waals surface area contributed by atoms with Gasteiger partial charge in [0.05, 0.1) is 24.6 Å². The molecule has 4 aromatic rings. The molecule has 0 saturated heterocycles. The van der Waals surface area contributed by atoms with Gasteiger partial charge in [-0.3, -0.25) is 4.31 Å². The summed E-state index contributed by atoms with van der Waals surface area (Å²) in [6.07, 6.45) is 8.48. The van der Waals surface area contributed by atoms with Crippen molar-refractivity contribution in [3.05, 3.63) is 72.6 Å². The fourth-order valence-corrected chi connectivity index (χ4v) is 5.57. The molecular formula is C28H34N6O3S. The number of fused-ring (bicyclic) bond motifs is 1. The average molecular weight is 535 g/mol. The molecule has 1 saturated carbocycles. The van der Waals surface area contributed by atoms with Gasteiger partial charge in [-0.25, -0.2) is 13.4 Å². The van der Waals surface area contributed by atoms with Gasteiger partial charge in [0.25, 0.3) is 0 Å². The molecule has 0 aliphatic heterocycles. The van der Waals surface area contributed by atoms with Crippen LogP contribution in [0.4, 0.5) is 23.0 Å². The van der Waals surface area contributed by atoms with Crippen molar-refractivity contribution in [2.24, 2.45) is 0 Å². The molecule has 1 fully saturated rings. The predicted molar refractivity (Wildman–Crippen MR) is 153 cm³/mol. The lowest BCUT2D eigenvalue weighted by Crippen LogP contribution is -2.36. The van der Waals surface area contributed by atoms with E-state index in [1.165, 1.54) is 10.6 Å². The number of nitrogens with zero attached hydrogens (tertiary/aromatic N) is 5. The fourth-order valence-electron chi connectivity index (χ4n) is 5.04. The molecule has 2 heterocycles. The highest BCUT2D eigenvalue weighted by molar-refractivity contribution is 7.92. The molecule has 0 unspecified atom stereocenters. The van der Waals surface area contributed by atoms with Gasteiger partial charge in [0.15, 0.2) is 0 Å². The third kappa shape index (κ3) is 5.61. The van der Waals surface area contributed by atoms with E-state index in [0.29, 0.717) is 24.2 Å². The van der Waals surface area contributed by atoms with Crippen molar-refractivity contribution in [3.63, 3.8) is 0 Å². The number of rotatable bonds is 8. The minimum atomic E-state index is -3.38. The average Bonchev–Trinajstić information content (AvgIpc) is 3.30. The summed E-state index contributed by atoms with van der Waals surface area (Å²) in [6, 6.07) is 18.1. The van der Waals surface area contributed by atoms with Gasteiger partial charge in [0.1, 0.15) is 5.65 Å². The monoisotopic (exact) mass is 534 g/mol. The van der Waals surface area contributed by atoms with E-state index < -0.39 is 10.0 Å². The number of hydrogen-bond donors (Lipinski definition) is 2. The maximum absolute atomic E-state index is 12.1. The van der Waals surface area contributed by atoms with Crippen molar-refractivity contribution in [2.45, 2.75) is 44.4 Å². The third-order valence-electron chi connectivity index (χ3n) is 7.42. The molecule has 2 N–H and O–H groups in total. The molecule has 200 valence electrons. The van der Waals surface area contributed by atoms with Gasteiger partial charge in [0.2, 0.25) is 16.0 Å². The van der Waals surface area contributed by atoms with Gasteiger partial charge in [-0.1, -0.05) is 18.2 Å². The summed E-state index contributed by atoms with van der Waals surface area (Å²) in [6.45, 7) is 0.467. The van der Waals surface area contributed by atoms with Crippen molar-refractivity contribution in [2.75, 3.05) is 34.9 Å². The first-order chi connectivity index (χ1) is 18.2. The number of aromatic nitrogens is 3. The first kappa shape index (κ1) is 26.0. The Morgan fingerprint density at radius 1 is 1.03 bits per heavy atom. The van der Waals surface area contributed by atoms with Gasteiger partial charge < -0.3 is 19.9 Å². The summed E-state index contributed by atoms with van der Waals surface area (Å²) in [4.78, 5) is 11.5. The minimum Gasteiger partial charge on any atom is -0.393 e. The van der Waals surface area contributed by atoms with Crippen LogP contribution in [0.2, 0.25) is 0 Å². The zero-order valence-electron chi connectivity index (χ0n) is 21.9. The molecule has 0 spiro atoms. The summed E-state index contributed by atoms with van der Waals surface area (Å²) < 4.78 is 27.6. The molecular weight excluding hydrogens is 500 g/mol. The quantitative estimate of drug-likeness (QED) is 0.346. The van der Waals surface area contributed by atoms with E-state index in [4.69, 9.17) is 4.98 Å². The third-order valence-corrected chi connectivity index (χ3v) is 8.61. The van der Waals surface area contributed by atoms with E-state index in [1.807, 2.05) is 53.2 Å². The van der Waals surface area contributed by atoms with E-state index in [9.17, 15) is 13.5 Å². The van der Waals surface area contributed by atoms with Crippen molar-refractivity contribution < 1.29 is 13.5 Å². The van der Waals surface area contributed by atoms with Crippen molar-refractivity contribution in [1.82, 2.24) is 14.5 Å². The molecule has 9 nitrogen and oxygen atoms in total. The first-order valence-corrected chi connectivity index (χ1v) is 14.7. The predicted octanol–water partition coefficient (Wildman–Crippen LogP) is 4.36. The molecule has 0 bridgehead atoms. The Balaban J connectivity index is 1.33. The zero-order chi connectivity index (χ0) is 26.9. The van der Waals surface area contributed by atoms with E-state index in [-0.39, 0.29) is 6.10 Å². The zero-order valence-corrected chi connectivity index (χ0v) is 22.8. The number of anilines is 4. The smallest absolute Gasteiger partial charge is 0.232 e. The van der Waals surface area contributed by atoms with E-state index in [2.05, 4.69) is 34.4 Å². The number of benzene rings is 2. The number of aliphatic hydroxyl groups excluding tert-OH is 1. The van der Waals surface area contributed by atoms with Crippen molar-refractivity contribution in [3.8, 4) is 0 Å². The Hall–Kier alpha value is -3.63. The van der Waals surface area contributed by atoms with Gasteiger partial charge in [0, 0.05) is 49.3 Å². The first-order valence-electron chi connectivity index (χ1n) is 12.8. The number of sulfonamides is 1. The molecule has 0 radical (unpaired) electrons. The van der Waals surface area contributed by atoms with Crippen LogP contribution in [-0.4, -0.2) is 60.6 Å². The van der Waals surface area contributed by atoms with Crippen LogP contribution in [0.1, 0.15) is 31.2 Å². The lowest BCUT2D eigenvalue weighted by molar-refractivity contribution is 0.122. The van der Waals surface area contributed by atoms with Gasteiger partial charge in [-0.05, 0) is 67.6 Å². The molecule has 2 aromatic heterocycles. The Bertz CT molecular complexity index is 1510. The van der Waals surface area contributed by atoms with Gasteiger partial charge in [-0.15, -0.1) is 0 Å². The maximum Gasteiger partial charge on any atom is 0.232 e. The molecule has 0 amide bonds. The fraction of sp³-hybridized carbons (Fsp3) is 0.357. The highest BCUT2D eigenvalue weighted by Crippen LogP contribution is 2.28. The van der Waals surface area contributed by atoms with Crippen LogP contribution in [0, 0.1) is 0 Å². The summed E-state index contributed by atoms with van der Waals surface area (Å²) in [7, 11) is 0.294. The standard InChI is InChI=1S/C28H34N6O3S/c1-32(24-12-14-25(35)15-13-24)23-10-8-22(9-11-23)30-28-29-18-20-16-17-34(27(20)31-28)19-21-6-4-5-7-26(21)33(2)38(3,36)37/h4-11,16-18,24-25,35H,12-15,19H2,1-3H3,(H,29,30,31). The second-order valence-electron chi connectivity index (χ2n) is 10.0. The van der Waals surface area contributed by atoms with E-state index in [0.717, 1.165) is 53.7 Å². The topological polar surface area (TPSA) is 104 Å². The van der Waals surface area contributed by atoms with Crippen LogP contribution in [0.5, 0.6) is 0 Å². The highest BCUT2D eigenvalue weighted by Gasteiger charge is 2.23. The number of nitrogens with one attached hydrogen (secondary N) is 1. The molecule has 2 aromatic carbocycles. The second-order valence-corrected chi connectivity index (χ2v) is 12.0. The molecule has 10 heteroatoms. The second kappa shape index (κ2) is 10.6. The summed E-state index contributed by atoms with van der Waals surface area (Å²) >= 11 is 0. The highest BCUT2D eigenvalue weighted by atomic mass is 32.2. The van der Waals surface area contributed by atoms with Crippen molar-refractivity contribution in [1.29, 1.82) is 0 Å². The van der Waals surface area contributed by atoms with Gasteiger partial charge >= 0.3 is 0 Å². The molecule has 0 atom stereocenters.